The van der Waals surface area contributed by atoms with Crippen LogP contribution < -0.4 is 4.72 Å². The summed E-state index contributed by atoms with van der Waals surface area (Å²) in [4.78, 5) is -0.855. The minimum absolute atomic E-state index is 0.136. The molecule has 2 rings (SSSR count). The largest absolute Gasteiger partial charge is 0.419 e. The quantitative estimate of drug-likeness (QED) is 0.836. The summed E-state index contributed by atoms with van der Waals surface area (Å²) in [6.07, 6.45) is -5.04. The van der Waals surface area contributed by atoms with Gasteiger partial charge in [0.2, 0.25) is 0 Å². The highest BCUT2D eigenvalue weighted by molar-refractivity contribution is 7.92. The normalized spacial score (nSPS) is 12.2. The minimum Gasteiger partial charge on any atom is -0.280 e. The zero-order valence-corrected chi connectivity index (χ0v) is 12.2. The molecule has 0 heterocycles. The number of halogens is 5. The molecule has 1 N–H and O–H groups in total. The lowest BCUT2D eigenvalue weighted by Crippen LogP contribution is -2.16. The third-order valence-corrected chi connectivity index (χ3v) is 4.49. The molecule has 0 aromatic heterocycles. The molecule has 0 saturated carbocycles. The van der Waals surface area contributed by atoms with Crippen LogP contribution in [0.1, 0.15) is 5.56 Å². The molecule has 0 aliphatic heterocycles. The highest BCUT2D eigenvalue weighted by Crippen LogP contribution is 2.36. The van der Waals surface area contributed by atoms with E-state index < -0.39 is 37.5 Å². The summed E-state index contributed by atoms with van der Waals surface area (Å²) in [5.41, 5.74) is -1.57. The summed E-state index contributed by atoms with van der Waals surface area (Å²) in [5, 5.41) is -0.645. The molecule has 9 heteroatoms. The van der Waals surface area contributed by atoms with Crippen LogP contribution in [0.4, 0.5) is 23.2 Å². The third-order valence-electron chi connectivity index (χ3n) is 2.64. The summed E-state index contributed by atoms with van der Waals surface area (Å²) in [5.74, 6) is -1.64. The van der Waals surface area contributed by atoms with Crippen molar-refractivity contribution in [3.8, 4) is 0 Å². The summed E-state index contributed by atoms with van der Waals surface area (Å²) in [6, 6.07) is 7.99. The SMILES string of the molecule is O=S(=O)(Nc1ccccc1)c1cc(C(F)(F)F)c(F)cc1Cl. The van der Waals surface area contributed by atoms with E-state index in [0.29, 0.717) is 6.07 Å². The Kier molecular flexibility index (Phi) is 4.35. The number of hydrogen-bond acceptors (Lipinski definition) is 2. The Morgan fingerprint density at radius 3 is 2.18 bits per heavy atom. The van der Waals surface area contributed by atoms with Gasteiger partial charge in [0, 0.05) is 5.69 Å². The van der Waals surface area contributed by atoms with E-state index in [1.807, 2.05) is 0 Å². The van der Waals surface area contributed by atoms with Gasteiger partial charge in [-0.25, -0.2) is 12.8 Å². The first-order chi connectivity index (χ1) is 10.1. The first kappa shape index (κ1) is 16.6. The van der Waals surface area contributed by atoms with Crippen LogP contribution in [0.5, 0.6) is 0 Å². The van der Waals surface area contributed by atoms with Gasteiger partial charge < -0.3 is 0 Å². The summed E-state index contributed by atoms with van der Waals surface area (Å²) < 4.78 is 77.7. The van der Waals surface area contributed by atoms with Crippen LogP contribution in [0.15, 0.2) is 47.4 Å². The van der Waals surface area contributed by atoms with E-state index in [1.165, 1.54) is 24.3 Å². The van der Waals surface area contributed by atoms with Gasteiger partial charge in [-0.1, -0.05) is 29.8 Å². The maximum Gasteiger partial charge on any atom is 0.419 e. The maximum absolute atomic E-state index is 13.3. The molecule has 3 nitrogen and oxygen atoms in total. The molecule has 2 aromatic rings. The van der Waals surface area contributed by atoms with Crippen molar-refractivity contribution in [2.24, 2.45) is 0 Å². The lowest BCUT2D eigenvalue weighted by molar-refractivity contribution is -0.140. The van der Waals surface area contributed by atoms with Crippen molar-refractivity contribution in [3.63, 3.8) is 0 Å². The second-order valence-corrected chi connectivity index (χ2v) is 6.29. The van der Waals surface area contributed by atoms with Gasteiger partial charge in [0.1, 0.15) is 10.7 Å². The fraction of sp³-hybridized carbons (Fsp3) is 0.0769. The Morgan fingerprint density at radius 2 is 1.64 bits per heavy atom. The Bertz CT molecular complexity index is 792. The van der Waals surface area contributed by atoms with E-state index in [1.54, 1.807) is 6.07 Å². The number of hydrogen-bond donors (Lipinski definition) is 1. The average Bonchev–Trinajstić information content (AvgIpc) is 2.37. The Hall–Kier alpha value is -1.80. The van der Waals surface area contributed by atoms with Crippen LogP contribution in [0, 0.1) is 5.82 Å². The van der Waals surface area contributed by atoms with Crippen molar-refractivity contribution >= 4 is 27.3 Å². The van der Waals surface area contributed by atoms with Gasteiger partial charge in [-0.2, -0.15) is 13.2 Å². The van der Waals surface area contributed by atoms with Gasteiger partial charge in [0.15, 0.2) is 0 Å². The van der Waals surface area contributed by atoms with Gasteiger partial charge >= 0.3 is 6.18 Å². The van der Waals surface area contributed by atoms with Crippen LogP contribution in [0.2, 0.25) is 5.02 Å². The smallest absolute Gasteiger partial charge is 0.280 e. The minimum atomic E-state index is -5.04. The highest BCUT2D eigenvalue weighted by Gasteiger charge is 2.36. The van der Waals surface area contributed by atoms with Crippen molar-refractivity contribution < 1.29 is 26.0 Å². The Balaban J connectivity index is 2.52. The van der Waals surface area contributed by atoms with Crippen LogP contribution in [-0.2, 0) is 16.2 Å². The number of rotatable bonds is 3. The number of nitrogens with one attached hydrogen (secondary N) is 1. The fourth-order valence-electron chi connectivity index (χ4n) is 1.67. The van der Waals surface area contributed by atoms with E-state index in [0.717, 1.165) is 0 Å². The molecule has 118 valence electrons. The van der Waals surface area contributed by atoms with Crippen molar-refractivity contribution in [2.75, 3.05) is 4.72 Å². The van der Waals surface area contributed by atoms with E-state index in [4.69, 9.17) is 11.6 Å². The molecule has 0 aliphatic rings. The predicted molar refractivity (Wildman–Crippen MR) is 73.7 cm³/mol. The lowest BCUT2D eigenvalue weighted by Gasteiger charge is -2.13. The van der Waals surface area contributed by atoms with E-state index in [2.05, 4.69) is 4.72 Å². The third kappa shape index (κ3) is 3.50. The van der Waals surface area contributed by atoms with E-state index in [9.17, 15) is 26.0 Å². The molecule has 22 heavy (non-hydrogen) atoms. The number of anilines is 1. The monoisotopic (exact) mass is 353 g/mol. The van der Waals surface area contributed by atoms with Gasteiger partial charge in [0.25, 0.3) is 10.0 Å². The van der Waals surface area contributed by atoms with E-state index in [-0.39, 0.29) is 11.8 Å². The molecule has 0 unspecified atom stereocenters. The zero-order chi connectivity index (χ0) is 16.5. The maximum atomic E-state index is 13.3. The van der Waals surface area contributed by atoms with Crippen molar-refractivity contribution in [1.82, 2.24) is 0 Å². The molecule has 0 aliphatic carbocycles. The molecule has 0 amide bonds. The van der Waals surface area contributed by atoms with Crippen LogP contribution in [0.25, 0.3) is 0 Å². The number of para-hydroxylation sites is 1. The van der Waals surface area contributed by atoms with Gasteiger partial charge in [-0.3, -0.25) is 4.72 Å². The van der Waals surface area contributed by atoms with Crippen LogP contribution in [-0.4, -0.2) is 8.42 Å². The van der Waals surface area contributed by atoms with Gasteiger partial charge in [0.05, 0.1) is 10.6 Å². The molecular weight excluding hydrogens is 346 g/mol. The summed E-state index contributed by atoms with van der Waals surface area (Å²) in [7, 11) is -4.39. The molecule has 2 aromatic carbocycles. The summed E-state index contributed by atoms with van der Waals surface area (Å²) in [6.45, 7) is 0. The van der Waals surface area contributed by atoms with Crippen molar-refractivity contribution in [2.45, 2.75) is 11.1 Å². The molecule has 0 saturated heterocycles. The first-order valence-electron chi connectivity index (χ1n) is 5.75. The number of benzene rings is 2. The molecule has 0 atom stereocenters. The first-order valence-corrected chi connectivity index (χ1v) is 7.61. The molecule has 0 bridgehead atoms. The Labute approximate surface area is 128 Å². The topological polar surface area (TPSA) is 46.2 Å². The second kappa shape index (κ2) is 5.77. The number of alkyl halides is 3. The average molecular weight is 354 g/mol. The number of sulfonamides is 1. The Morgan fingerprint density at radius 1 is 1.05 bits per heavy atom. The van der Waals surface area contributed by atoms with Crippen molar-refractivity contribution in [3.05, 3.63) is 58.9 Å². The molecule has 0 radical (unpaired) electrons. The van der Waals surface area contributed by atoms with E-state index >= 15 is 0 Å². The van der Waals surface area contributed by atoms with Gasteiger partial charge in [-0.15, -0.1) is 0 Å². The molecule has 0 fully saturated rings. The fourth-order valence-corrected chi connectivity index (χ4v) is 3.27. The van der Waals surface area contributed by atoms with Crippen LogP contribution >= 0.6 is 11.6 Å². The predicted octanol–water partition coefficient (Wildman–Crippen LogP) is 4.30. The van der Waals surface area contributed by atoms with Gasteiger partial charge in [-0.05, 0) is 24.3 Å². The highest BCUT2D eigenvalue weighted by atomic mass is 35.5. The molecule has 0 spiro atoms. The zero-order valence-electron chi connectivity index (χ0n) is 10.7. The van der Waals surface area contributed by atoms with Crippen LogP contribution in [0.3, 0.4) is 0 Å². The lowest BCUT2D eigenvalue weighted by atomic mass is 10.2. The second-order valence-electron chi connectivity index (χ2n) is 4.23. The molecular formula is C13H8ClF4NO2S. The van der Waals surface area contributed by atoms with Crippen molar-refractivity contribution in [1.29, 1.82) is 0 Å². The standard InChI is InChI=1S/C13H8ClF4NO2S/c14-10-7-11(15)9(13(16,17)18)6-12(10)22(20,21)19-8-4-2-1-3-5-8/h1-7,19H. The summed E-state index contributed by atoms with van der Waals surface area (Å²) >= 11 is 5.58.